The van der Waals surface area contributed by atoms with E-state index in [0.717, 1.165) is 5.56 Å². The van der Waals surface area contributed by atoms with E-state index < -0.39 is 5.82 Å². The normalized spacial score (nSPS) is 12.4. The van der Waals surface area contributed by atoms with Crippen LogP contribution in [0.1, 0.15) is 24.1 Å². The Morgan fingerprint density at radius 1 is 1.16 bits per heavy atom. The predicted octanol–water partition coefficient (Wildman–Crippen LogP) is 4.47. The van der Waals surface area contributed by atoms with Gasteiger partial charge in [-0.2, -0.15) is 0 Å². The number of hydrogen-bond acceptors (Lipinski definition) is 1. The molecule has 0 radical (unpaired) electrons. The molecule has 1 N–H and O–H groups in total. The molecular formula is C15H14ClF2N. The van der Waals surface area contributed by atoms with E-state index in [1.807, 2.05) is 13.0 Å². The highest BCUT2D eigenvalue weighted by Gasteiger charge is 2.09. The molecule has 100 valence electrons. The molecule has 19 heavy (non-hydrogen) atoms. The van der Waals surface area contributed by atoms with Gasteiger partial charge in [0.25, 0.3) is 0 Å². The lowest BCUT2D eigenvalue weighted by Gasteiger charge is -2.15. The summed E-state index contributed by atoms with van der Waals surface area (Å²) in [5, 5.41) is 3.32. The van der Waals surface area contributed by atoms with Crippen molar-refractivity contribution < 1.29 is 8.78 Å². The van der Waals surface area contributed by atoms with E-state index in [9.17, 15) is 8.78 Å². The third-order valence-electron chi connectivity index (χ3n) is 2.98. The summed E-state index contributed by atoms with van der Waals surface area (Å²) in [7, 11) is 0. The van der Waals surface area contributed by atoms with Gasteiger partial charge in [-0.3, -0.25) is 0 Å². The molecule has 0 amide bonds. The van der Waals surface area contributed by atoms with Crippen LogP contribution in [-0.4, -0.2) is 0 Å². The van der Waals surface area contributed by atoms with E-state index in [-0.39, 0.29) is 16.9 Å². The van der Waals surface area contributed by atoms with Crippen LogP contribution in [0.2, 0.25) is 5.02 Å². The highest BCUT2D eigenvalue weighted by Crippen LogP contribution is 2.21. The Bertz CT molecular complexity index is 572. The summed E-state index contributed by atoms with van der Waals surface area (Å²) in [6, 6.07) is 11.0. The molecule has 1 nitrogen and oxygen atoms in total. The number of nitrogens with one attached hydrogen (secondary N) is 1. The first-order chi connectivity index (χ1) is 9.08. The summed E-state index contributed by atoms with van der Waals surface area (Å²) >= 11 is 5.87. The molecule has 0 saturated carbocycles. The Balaban J connectivity index is 2.04. The van der Waals surface area contributed by atoms with Gasteiger partial charge >= 0.3 is 0 Å². The first kappa shape index (κ1) is 14.0. The van der Waals surface area contributed by atoms with Gasteiger partial charge in [0.15, 0.2) is 0 Å². The van der Waals surface area contributed by atoms with Crippen molar-refractivity contribution in [3.63, 3.8) is 0 Å². The second-order valence-corrected chi connectivity index (χ2v) is 4.75. The van der Waals surface area contributed by atoms with E-state index in [2.05, 4.69) is 5.32 Å². The topological polar surface area (TPSA) is 12.0 Å². The van der Waals surface area contributed by atoms with Gasteiger partial charge in [0.05, 0.1) is 5.02 Å². The van der Waals surface area contributed by atoms with E-state index in [0.29, 0.717) is 12.1 Å². The van der Waals surface area contributed by atoms with Gasteiger partial charge in [-0.05, 0) is 36.2 Å². The van der Waals surface area contributed by atoms with E-state index >= 15 is 0 Å². The van der Waals surface area contributed by atoms with Gasteiger partial charge in [-0.15, -0.1) is 0 Å². The Morgan fingerprint density at radius 2 is 1.89 bits per heavy atom. The van der Waals surface area contributed by atoms with Gasteiger partial charge in [-0.25, -0.2) is 8.78 Å². The van der Waals surface area contributed by atoms with Crippen LogP contribution < -0.4 is 5.32 Å². The molecule has 0 heterocycles. The minimum atomic E-state index is -0.431. The van der Waals surface area contributed by atoms with Gasteiger partial charge in [0, 0.05) is 12.6 Å². The fourth-order valence-corrected chi connectivity index (χ4v) is 2.03. The van der Waals surface area contributed by atoms with Crippen LogP contribution >= 0.6 is 11.6 Å². The van der Waals surface area contributed by atoms with Crippen molar-refractivity contribution in [1.29, 1.82) is 0 Å². The van der Waals surface area contributed by atoms with Gasteiger partial charge in [0.1, 0.15) is 11.6 Å². The zero-order valence-corrected chi connectivity index (χ0v) is 11.2. The summed E-state index contributed by atoms with van der Waals surface area (Å²) in [6.45, 7) is 2.34. The first-order valence-corrected chi connectivity index (χ1v) is 6.37. The maximum atomic E-state index is 13.3. The molecule has 0 aromatic heterocycles. The molecule has 0 fully saturated rings. The van der Waals surface area contributed by atoms with Crippen LogP contribution in [0.3, 0.4) is 0 Å². The molecule has 2 aromatic rings. The summed E-state index contributed by atoms with van der Waals surface area (Å²) in [6.07, 6.45) is 0. The second kappa shape index (κ2) is 6.13. The average Bonchev–Trinajstić information content (AvgIpc) is 2.40. The molecule has 4 heteroatoms. The number of hydrogen-bond donors (Lipinski definition) is 1. The van der Waals surface area contributed by atoms with Crippen LogP contribution in [0.25, 0.3) is 0 Å². The number of benzene rings is 2. The Hall–Kier alpha value is -1.45. The molecule has 0 bridgehead atoms. The van der Waals surface area contributed by atoms with Crippen molar-refractivity contribution in [3.05, 3.63) is 70.2 Å². The highest BCUT2D eigenvalue weighted by molar-refractivity contribution is 6.31. The fourth-order valence-electron chi connectivity index (χ4n) is 1.84. The molecule has 0 aliphatic heterocycles. The van der Waals surface area contributed by atoms with Crippen LogP contribution in [0.15, 0.2) is 42.5 Å². The maximum Gasteiger partial charge on any atom is 0.142 e. The number of rotatable bonds is 4. The van der Waals surface area contributed by atoms with Crippen molar-refractivity contribution in [2.45, 2.75) is 19.5 Å². The quantitative estimate of drug-likeness (QED) is 0.872. The summed E-state index contributed by atoms with van der Waals surface area (Å²) < 4.78 is 26.4. The molecule has 0 spiro atoms. The SMILES string of the molecule is C[C@@H](NCc1cccc(F)c1Cl)c1cccc(F)c1. The van der Waals surface area contributed by atoms with Gasteiger partial charge < -0.3 is 5.32 Å². The molecule has 2 rings (SSSR count). The van der Waals surface area contributed by atoms with Crippen molar-refractivity contribution in [3.8, 4) is 0 Å². The van der Waals surface area contributed by atoms with Crippen molar-refractivity contribution in [1.82, 2.24) is 5.32 Å². The Kier molecular flexibility index (Phi) is 4.51. The molecule has 0 saturated heterocycles. The summed E-state index contributed by atoms with van der Waals surface area (Å²) in [5.41, 5.74) is 1.53. The predicted molar refractivity (Wildman–Crippen MR) is 73.1 cm³/mol. The van der Waals surface area contributed by atoms with Crippen molar-refractivity contribution in [2.75, 3.05) is 0 Å². The van der Waals surface area contributed by atoms with Gasteiger partial charge in [-0.1, -0.05) is 35.9 Å². The van der Waals surface area contributed by atoms with Crippen molar-refractivity contribution >= 4 is 11.6 Å². The first-order valence-electron chi connectivity index (χ1n) is 5.99. The average molecular weight is 282 g/mol. The molecule has 0 aliphatic carbocycles. The Labute approximate surface area is 116 Å². The molecular weight excluding hydrogens is 268 g/mol. The third kappa shape index (κ3) is 3.52. The molecule has 0 aliphatic rings. The van der Waals surface area contributed by atoms with Crippen molar-refractivity contribution in [2.24, 2.45) is 0 Å². The van der Waals surface area contributed by atoms with Gasteiger partial charge in [0.2, 0.25) is 0 Å². The molecule has 2 aromatic carbocycles. The molecule has 0 unspecified atom stereocenters. The zero-order chi connectivity index (χ0) is 13.8. The fraction of sp³-hybridized carbons (Fsp3) is 0.200. The lowest BCUT2D eigenvalue weighted by atomic mass is 10.1. The van der Waals surface area contributed by atoms with Crippen LogP contribution in [0, 0.1) is 11.6 Å². The Morgan fingerprint density at radius 3 is 2.63 bits per heavy atom. The summed E-state index contributed by atoms with van der Waals surface area (Å²) in [4.78, 5) is 0. The van der Waals surface area contributed by atoms with Crippen LogP contribution in [0.4, 0.5) is 8.78 Å². The smallest absolute Gasteiger partial charge is 0.142 e. The monoisotopic (exact) mass is 281 g/mol. The van der Waals surface area contributed by atoms with E-state index in [4.69, 9.17) is 11.6 Å². The van der Waals surface area contributed by atoms with Crippen LogP contribution in [-0.2, 0) is 6.54 Å². The van der Waals surface area contributed by atoms with E-state index in [1.165, 1.54) is 18.2 Å². The zero-order valence-electron chi connectivity index (χ0n) is 10.5. The van der Waals surface area contributed by atoms with E-state index in [1.54, 1.807) is 18.2 Å². The molecule has 1 atom stereocenters. The standard InChI is InChI=1S/C15H14ClF2N/c1-10(11-4-2-6-13(17)8-11)19-9-12-5-3-7-14(18)15(12)16/h2-8,10,19H,9H2,1H3/t10-/m1/s1. The number of halogens is 3. The van der Waals surface area contributed by atoms with Crippen LogP contribution in [0.5, 0.6) is 0 Å². The second-order valence-electron chi connectivity index (χ2n) is 4.37. The maximum absolute atomic E-state index is 13.3. The minimum Gasteiger partial charge on any atom is -0.306 e. The largest absolute Gasteiger partial charge is 0.306 e. The highest BCUT2D eigenvalue weighted by atomic mass is 35.5. The lowest BCUT2D eigenvalue weighted by Crippen LogP contribution is -2.18. The summed E-state index contributed by atoms with van der Waals surface area (Å²) in [5.74, 6) is -0.700. The minimum absolute atomic E-state index is 0.0463. The lowest BCUT2D eigenvalue weighted by molar-refractivity contribution is 0.561. The third-order valence-corrected chi connectivity index (χ3v) is 3.40.